The highest BCUT2D eigenvalue weighted by Crippen LogP contribution is 2.30. The zero-order valence-corrected chi connectivity index (χ0v) is 22.8. The molecule has 0 saturated heterocycles. The van der Waals surface area contributed by atoms with Gasteiger partial charge in [0.25, 0.3) is 0 Å². The SMILES string of the molecule is C[C@H]1CN([C@@H](C)CO)C(=O)Cc2cc(NC(=O)Cn3cnnn3)ccc2O[C@H]1CN(C)CC1CCCCC1. The van der Waals surface area contributed by atoms with Gasteiger partial charge in [0, 0.05) is 36.8 Å². The van der Waals surface area contributed by atoms with Crippen LogP contribution in [-0.2, 0) is 22.6 Å². The first-order valence-electron chi connectivity index (χ1n) is 13.7. The van der Waals surface area contributed by atoms with Crippen LogP contribution in [0.1, 0.15) is 51.5 Å². The maximum Gasteiger partial charge on any atom is 0.246 e. The Kier molecular flexibility index (Phi) is 9.68. The summed E-state index contributed by atoms with van der Waals surface area (Å²) in [5.74, 6) is 1.08. The van der Waals surface area contributed by atoms with Crippen molar-refractivity contribution < 1.29 is 19.4 Å². The Labute approximate surface area is 224 Å². The Morgan fingerprint density at radius 1 is 1.26 bits per heavy atom. The van der Waals surface area contributed by atoms with Gasteiger partial charge < -0.3 is 25.0 Å². The van der Waals surface area contributed by atoms with E-state index in [9.17, 15) is 14.7 Å². The van der Waals surface area contributed by atoms with Crippen molar-refractivity contribution in [2.75, 3.05) is 38.6 Å². The van der Waals surface area contributed by atoms with E-state index in [0.717, 1.165) is 19.0 Å². The molecule has 11 heteroatoms. The average molecular weight is 528 g/mol. The number of nitrogens with zero attached hydrogens (tertiary/aromatic N) is 6. The number of rotatable bonds is 9. The number of likely N-dealkylation sites (N-methyl/N-ethyl adjacent to an activating group) is 1. The molecule has 2 N–H and O–H groups in total. The van der Waals surface area contributed by atoms with Crippen molar-refractivity contribution in [3.63, 3.8) is 0 Å². The normalized spacial score (nSPS) is 21.7. The number of aromatic nitrogens is 4. The van der Waals surface area contributed by atoms with Gasteiger partial charge in [-0.25, -0.2) is 4.68 Å². The van der Waals surface area contributed by atoms with Crippen LogP contribution in [-0.4, -0.2) is 92.4 Å². The number of carbonyl (C=O) groups is 2. The van der Waals surface area contributed by atoms with Gasteiger partial charge in [-0.2, -0.15) is 0 Å². The quantitative estimate of drug-likeness (QED) is 0.507. The molecule has 0 radical (unpaired) electrons. The number of ether oxygens (including phenoxy) is 1. The molecule has 2 amide bonds. The molecule has 4 rings (SSSR count). The summed E-state index contributed by atoms with van der Waals surface area (Å²) in [6.45, 7) is 6.15. The third kappa shape index (κ3) is 7.50. The smallest absolute Gasteiger partial charge is 0.246 e. The van der Waals surface area contributed by atoms with Crippen LogP contribution >= 0.6 is 0 Å². The zero-order chi connectivity index (χ0) is 27.1. The van der Waals surface area contributed by atoms with Crippen LogP contribution in [0.25, 0.3) is 0 Å². The van der Waals surface area contributed by atoms with Gasteiger partial charge in [0.2, 0.25) is 11.8 Å². The van der Waals surface area contributed by atoms with E-state index in [-0.39, 0.29) is 49.5 Å². The van der Waals surface area contributed by atoms with Crippen molar-refractivity contribution in [2.24, 2.45) is 11.8 Å². The number of carbonyl (C=O) groups excluding carboxylic acids is 2. The molecule has 2 aliphatic rings. The fraction of sp³-hybridized carbons (Fsp3) is 0.667. The number of benzene rings is 1. The molecule has 1 aromatic carbocycles. The Hall–Kier alpha value is -3.05. The maximum atomic E-state index is 13.4. The lowest BCUT2D eigenvalue weighted by molar-refractivity contribution is -0.134. The highest BCUT2D eigenvalue weighted by Gasteiger charge is 2.31. The van der Waals surface area contributed by atoms with E-state index < -0.39 is 0 Å². The lowest BCUT2D eigenvalue weighted by Gasteiger charge is -2.35. The summed E-state index contributed by atoms with van der Waals surface area (Å²) in [5, 5.41) is 23.5. The number of fused-ring (bicyclic) bond motifs is 1. The number of nitrogens with one attached hydrogen (secondary N) is 1. The largest absolute Gasteiger partial charge is 0.488 e. The summed E-state index contributed by atoms with van der Waals surface area (Å²) >= 11 is 0. The molecule has 1 aliphatic carbocycles. The fourth-order valence-corrected chi connectivity index (χ4v) is 5.52. The molecule has 0 spiro atoms. The molecule has 1 aliphatic heterocycles. The van der Waals surface area contributed by atoms with Crippen molar-refractivity contribution in [3.8, 4) is 5.75 Å². The third-order valence-electron chi connectivity index (χ3n) is 7.68. The van der Waals surface area contributed by atoms with Gasteiger partial charge >= 0.3 is 0 Å². The van der Waals surface area contributed by atoms with Crippen LogP contribution in [0.3, 0.4) is 0 Å². The Balaban J connectivity index is 1.53. The van der Waals surface area contributed by atoms with Crippen LogP contribution in [0.15, 0.2) is 24.5 Å². The molecule has 2 heterocycles. The van der Waals surface area contributed by atoms with Crippen molar-refractivity contribution in [1.82, 2.24) is 30.0 Å². The average Bonchev–Trinajstić information content (AvgIpc) is 3.41. The summed E-state index contributed by atoms with van der Waals surface area (Å²) < 4.78 is 7.95. The minimum absolute atomic E-state index is 0.0196. The standard InChI is InChI=1S/C27H41N7O4/c1-19-13-34(20(2)17-35)27(37)12-22-11-23(29-26(36)16-33-18-28-30-31-33)9-10-24(22)38-25(19)15-32(3)14-21-7-5-4-6-8-21/h9-11,18-21,25,35H,4-8,12-17H2,1-3H3,(H,29,36)/t19-,20-,25-/m0/s1. The van der Waals surface area contributed by atoms with Crippen LogP contribution in [0.2, 0.25) is 0 Å². The van der Waals surface area contributed by atoms with Crippen molar-refractivity contribution in [2.45, 2.75) is 71.1 Å². The molecule has 1 aromatic heterocycles. The molecule has 1 saturated carbocycles. The predicted molar refractivity (Wildman–Crippen MR) is 143 cm³/mol. The number of aliphatic hydroxyl groups is 1. The van der Waals surface area contributed by atoms with Gasteiger partial charge in [0.1, 0.15) is 24.7 Å². The fourth-order valence-electron chi connectivity index (χ4n) is 5.52. The number of tetrazole rings is 1. The monoisotopic (exact) mass is 527 g/mol. The Morgan fingerprint density at radius 3 is 2.76 bits per heavy atom. The number of aliphatic hydroxyl groups excluding tert-OH is 1. The number of amides is 2. The molecule has 3 atom stereocenters. The molecular weight excluding hydrogens is 486 g/mol. The molecule has 0 bridgehead atoms. The first-order chi connectivity index (χ1) is 18.3. The first-order valence-corrected chi connectivity index (χ1v) is 13.7. The molecule has 1 fully saturated rings. The maximum absolute atomic E-state index is 13.4. The van der Waals surface area contributed by atoms with Crippen molar-refractivity contribution in [1.29, 1.82) is 0 Å². The number of hydrogen-bond acceptors (Lipinski definition) is 8. The number of anilines is 1. The van der Waals surface area contributed by atoms with E-state index in [2.05, 4.69) is 39.7 Å². The van der Waals surface area contributed by atoms with Crippen LogP contribution in [0.5, 0.6) is 5.75 Å². The Bertz CT molecular complexity index is 1060. The topological polar surface area (TPSA) is 126 Å². The molecule has 38 heavy (non-hydrogen) atoms. The van der Waals surface area contributed by atoms with Crippen molar-refractivity contribution in [3.05, 3.63) is 30.1 Å². The van der Waals surface area contributed by atoms with Crippen LogP contribution in [0, 0.1) is 11.8 Å². The van der Waals surface area contributed by atoms with Crippen molar-refractivity contribution >= 4 is 17.5 Å². The second kappa shape index (κ2) is 13.1. The third-order valence-corrected chi connectivity index (χ3v) is 7.68. The van der Waals surface area contributed by atoms with Crippen LogP contribution in [0.4, 0.5) is 5.69 Å². The second-order valence-electron chi connectivity index (χ2n) is 11.0. The minimum Gasteiger partial charge on any atom is -0.488 e. The number of hydrogen-bond donors (Lipinski definition) is 2. The molecule has 11 nitrogen and oxygen atoms in total. The van der Waals surface area contributed by atoms with E-state index in [0.29, 0.717) is 23.5 Å². The van der Waals surface area contributed by atoms with Gasteiger partial charge in [0.15, 0.2) is 0 Å². The zero-order valence-electron chi connectivity index (χ0n) is 22.8. The van der Waals surface area contributed by atoms with Gasteiger partial charge in [-0.15, -0.1) is 5.10 Å². The summed E-state index contributed by atoms with van der Waals surface area (Å²) in [7, 11) is 2.15. The van der Waals surface area contributed by atoms with E-state index in [1.807, 2.05) is 13.0 Å². The highest BCUT2D eigenvalue weighted by molar-refractivity contribution is 5.91. The summed E-state index contributed by atoms with van der Waals surface area (Å²) in [6.07, 6.45) is 7.89. The molecule has 0 unspecified atom stereocenters. The minimum atomic E-state index is -0.300. The molecule has 208 valence electrons. The summed E-state index contributed by atoms with van der Waals surface area (Å²) in [4.78, 5) is 30.0. The van der Waals surface area contributed by atoms with Gasteiger partial charge in [-0.05, 0) is 61.4 Å². The lowest BCUT2D eigenvalue weighted by Crippen LogP contribution is -2.48. The van der Waals surface area contributed by atoms with Gasteiger partial charge in [0.05, 0.1) is 19.1 Å². The molecule has 2 aromatic rings. The predicted octanol–water partition coefficient (Wildman–Crippen LogP) is 1.97. The van der Waals surface area contributed by atoms with E-state index in [1.54, 1.807) is 17.0 Å². The summed E-state index contributed by atoms with van der Waals surface area (Å²) in [6, 6.07) is 5.12. The summed E-state index contributed by atoms with van der Waals surface area (Å²) in [5.41, 5.74) is 1.28. The Morgan fingerprint density at radius 2 is 2.05 bits per heavy atom. The van der Waals surface area contributed by atoms with Gasteiger partial charge in [-0.3, -0.25) is 9.59 Å². The lowest BCUT2D eigenvalue weighted by atomic mass is 9.89. The van der Waals surface area contributed by atoms with E-state index in [4.69, 9.17) is 4.74 Å². The molecular formula is C27H41N7O4. The highest BCUT2D eigenvalue weighted by atomic mass is 16.5. The van der Waals surface area contributed by atoms with E-state index >= 15 is 0 Å². The van der Waals surface area contributed by atoms with Crippen LogP contribution < -0.4 is 10.1 Å². The van der Waals surface area contributed by atoms with Gasteiger partial charge in [-0.1, -0.05) is 26.2 Å². The van der Waals surface area contributed by atoms with E-state index in [1.165, 1.54) is 43.1 Å². The first kappa shape index (κ1) is 28.0. The second-order valence-corrected chi connectivity index (χ2v) is 11.0.